The molecule has 1 aliphatic carbocycles. The van der Waals surface area contributed by atoms with Crippen LogP contribution in [0.2, 0.25) is 5.02 Å². The second-order valence-corrected chi connectivity index (χ2v) is 7.98. The lowest BCUT2D eigenvalue weighted by molar-refractivity contribution is -0.134. The lowest BCUT2D eigenvalue weighted by atomic mass is 10.2. The van der Waals surface area contributed by atoms with E-state index < -0.39 is 0 Å². The van der Waals surface area contributed by atoms with E-state index in [2.05, 4.69) is 10.3 Å². The Bertz CT molecular complexity index is 833. The number of amides is 2. The molecule has 2 aromatic rings. The van der Waals surface area contributed by atoms with Gasteiger partial charge in [-0.1, -0.05) is 22.9 Å². The first-order valence-electron chi connectivity index (χ1n) is 8.54. The zero-order chi connectivity index (χ0) is 18.1. The first-order chi connectivity index (χ1) is 12.6. The number of carbonyl (C=O) groups excluding carboxylic acids is 2. The first kappa shape index (κ1) is 17.3. The van der Waals surface area contributed by atoms with Crippen molar-refractivity contribution in [2.45, 2.75) is 25.8 Å². The summed E-state index contributed by atoms with van der Waals surface area (Å²) >= 11 is 7.29. The fraction of sp³-hybridized carbons (Fsp3) is 0.389. The molecule has 0 atom stereocenters. The highest BCUT2D eigenvalue weighted by atomic mass is 35.5. The Kier molecular flexibility index (Phi) is 4.82. The molecule has 0 radical (unpaired) electrons. The Hall–Kier alpha value is -2.12. The van der Waals surface area contributed by atoms with E-state index in [1.807, 2.05) is 0 Å². The minimum Gasteiger partial charge on any atom is -0.484 e. The van der Waals surface area contributed by atoms with Crippen molar-refractivity contribution in [2.75, 3.05) is 18.5 Å². The maximum absolute atomic E-state index is 12.4. The lowest BCUT2D eigenvalue weighted by Crippen LogP contribution is -2.38. The van der Waals surface area contributed by atoms with Crippen LogP contribution in [0, 0.1) is 5.92 Å². The van der Waals surface area contributed by atoms with E-state index in [-0.39, 0.29) is 24.3 Å². The summed E-state index contributed by atoms with van der Waals surface area (Å²) in [5.74, 6) is 0.755. The molecule has 1 aliphatic heterocycles. The van der Waals surface area contributed by atoms with Gasteiger partial charge in [0, 0.05) is 28.8 Å². The Morgan fingerprint density at radius 3 is 2.81 bits per heavy atom. The SMILES string of the molecule is O=C(Nc1nc2c(s1)CN(C(=O)COc1ccc(Cl)cc1)CC2)C1CC1. The van der Waals surface area contributed by atoms with Crippen LogP contribution in [-0.2, 0) is 22.6 Å². The number of anilines is 1. The lowest BCUT2D eigenvalue weighted by Gasteiger charge is -2.26. The summed E-state index contributed by atoms with van der Waals surface area (Å²) < 4.78 is 5.54. The number of nitrogens with zero attached hydrogens (tertiary/aromatic N) is 2. The van der Waals surface area contributed by atoms with E-state index in [1.165, 1.54) is 11.3 Å². The number of thiazole rings is 1. The number of aromatic nitrogens is 1. The van der Waals surface area contributed by atoms with Gasteiger partial charge in [0.05, 0.1) is 12.2 Å². The number of hydrogen-bond acceptors (Lipinski definition) is 5. The summed E-state index contributed by atoms with van der Waals surface area (Å²) in [4.78, 5) is 31.6. The predicted molar refractivity (Wildman–Crippen MR) is 99.5 cm³/mol. The molecule has 1 aromatic carbocycles. The molecule has 26 heavy (non-hydrogen) atoms. The number of rotatable bonds is 5. The Morgan fingerprint density at radius 1 is 1.31 bits per heavy atom. The number of halogens is 1. The van der Waals surface area contributed by atoms with Crippen molar-refractivity contribution >= 4 is 39.9 Å². The van der Waals surface area contributed by atoms with Gasteiger partial charge in [0.25, 0.3) is 5.91 Å². The third-order valence-corrected chi connectivity index (χ3v) is 5.69. The average molecular weight is 392 g/mol. The molecule has 2 amide bonds. The fourth-order valence-electron chi connectivity index (χ4n) is 2.78. The van der Waals surface area contributed by atoms with Crippen molar-refractivity contribution in [3.63, 3.8) is 0 Å². The summed E-state index contributed by atoms with van der Waals surface area (Å²) in [5.41, 5.74) is 0.976. The Labute approximate surface area is 160 Å². The zero-order valence-electron chi connectivity index (χ0n) is 14.0. The van der Waals surface area contributed by atoms with Gasteiger partial charge in [-0.3, -0.25) is 9.59 Å². The van der Waals surface area contributed by atoms with Gasteiger partial charge < -0.3 is 15.0 Å². The standard InChI is InChI=1S/C18H18ClN3O3S/c19-12-3-5-13(6-4-12)25-10-16(23)22-8-7-14-15(9-22)26-18(20-14)21-17(24)11-1-2-11/h3-6,11H,1-2,7-10H2,(H,20,21,24). The molecule has 136 valence electrons. The van der Waals surface area contributed by atoms with Gasteiger partial charge in [-0.25, -0.2) is 4.98 Å². The minimum atomic E-state index is -0.0671. The summed E-state index contributed by atoms with van der Waals surface area (Å²) in [7, 11) is 0. The van der Waals surface area contributed by atoms with Crippen LogP contribution >= 0.6 is 22.9 Å². The van der Waals surface area contributed by atoms with Crippen molar-refractivity contribution in [3.8, 4) is 5.75 Å². The van der Waals surface area contributed by atoms with Gasteiger partial charge in [-0.05, 0) is 37.1 Å². The van der Waals surface area contributed by atoms with Crippen molar-refractivity contribution in [3.05, 3.63) is 39.9 Å². The molecule has 1 aromatic heterocycles. The monoisotopic (exact) mass is 391 g/mol. The van der Waals surface area contributed by atoms with Crippen molar-refractivity contribution in [2.24, 2.45) is 5.92 Å². The first-order valence-corrected chi connectivity index (χ1v) is 9.73. The Balaban J connectivity index is 1.33. The smallest absolute Gasteiger partial charge is 0.260 e. The number of benzene rings is 1. The van der Waals surface area contributed by atoms with Gasteiger partial charge >= 0.3 is 0 Å². The highest BCUT2D eigenvalue weighted by Gasteiger charge is 2.31. The zero-order valence-corrected chi connectivity index (χ0v) is 15.6. The van der Waals surface area contributed by atoms with Gasteiger partial charge in [0.15, 0.2) is 11.7 Å². The molecule has 0 spiro atoms. The molecule has 1 N–H and O–H groups in total. The summed E-state index contributed by atoms with van der Waals surface area (Å²) in [6.45, 7) is 1.10. The number of carbonyl (C=O) groups is 2. The van der Waals surface area contributed by atoms with Crippen LogP contribution in [0.5, 0.6) is 5.75 Å². The second-order valence-electron chi connectivity index (χ2n) is 6.46. The highest BCUT2D eigenvalue weighted by Crippen LogP contribution is 2.33. The van der Waals surface area contributed by atoms with E-state index >= 15 is 0 Å². The molecule has 0 bridgehead atoms. The van der Waals surface area contributed by atoms with Crippen molar-refractivity contribution in [1.29, 1.82) is 0 Å². The molecular weight excluding hydrogens is 374 g/mol. The van der Waals surface area contributed by atoms with Gasteiger partial charge in [-0.15, -0.1) is 0 Å². The average Bonchev–Trinajstić information content (AvgIpc) is 3.41. The van der Waals surface area contributed by atoms with Crippen molar-refractivity contribution in [1.82, 2.24) is 9.88 Å². The third kappa shape index (κ3) is 3.99. The molecule has 4 rings (SSSR count). The molecule has 0 saturated heterocycles. The highest BCUT2D eigenvalue weighted by molar-refractivity contribution is 7.15. The van der Waals surface area contributed by atoms with Crippen LogP contribution in [0.3, 0.4) is 0 Å². The van der Waals surface area contributed by atoms with E-state index in [9.17, 15) is 9.59 Å². The van der Waals surface area contributed by atoms with Crippen molar-refractivity contribution < 1.29 is 14.3 Å². The van der Waals surface area contributed by atoms with Gasteiger partial charge in [0.1, 0.15) is 5.75 Å². The van der Waals surface area contributed by atoms with Crippen LogP contribution < -0.4 is 10.1 Å². The normalized spacial score (nSPS) is 16.1. The molecular formula is C18H18ClN3O3S. The molecule has 8 heteroatoms. The number of nitrogens with one attached hydrogen (secondary N) is 1. The molecule has 1 fully saturated rings. The number of fused-ring (bicyclic) bond motifs is 1. The number of ether oxygens (including phenoxy) is 1. The maximum Gasteiger partial charge on any atom is 0.260 e. The van der Waals surface area contributed by atoms with Gasteiger partial charge in [-0.2, -0.15) is 0 Å². The molecule has 2 aliphatic rings. The molecule has 6 nitrogen and oxygen atoms in total. The third-order valence-electron chi connectivity index (χ3n) is 4.44. The molecule has 0 unspecified atom stereocenters. The van der Waals surface area contributed by atoms with Crippen LogP contribution in [0.25, 0.3) is 0 Å². The second kappa shape index (κ2) is 7.25. The van der Waals surface area contributed by atoms with Crippen LogP contribution in [-0.4, -0.2) is 34.8 Å². The maximum atomic E-state index is 12.4. The Morgan fingerprint density at radius 2 is 2.08 bits per heavy atom. The van der Waals surface area contributed by atoms with E-state index in [0.29, 0.717) is 35.4 Å². The van der Waals surface area contributed by atoms with Gasteiger partial charge in [0.2, 0.25) is 5.91 Å². The summed E-state index contributed by atoms with van der Waals surface area (Å²) in [6, 6.07) is 6.93. The summed E-state index contributed by atoms with van der Waals surface area (Å²) in [5, 5.41) is 4.15. The summed E-state index contributed by atoms with van der Waals surface area (Å²) in [6.07, 6.45) is 2.62. The number of hydrogen-bond donors (Lipinski definition) is 1. The van der Waals surface area contributed by atoms with Crippen LogP contribution in [0.4, 0.5) is 5.13 Å². The van der Waals surface area contributed by atoms with Crippen LogP contribution in [0.15, 0.2) is 24.3 Å². The quantitative estimate of drug-likeness (QED) is 0.850. The molecule has 2 heterocycles. The minimum absolute atomic E-state index is 0.0129. The largest absolute Gasteiger partial charge is 0.484 e. The predicted octanol–water partition coefficient (Wildman–Crippen LogP) is 3.11. The molecule has 1 saturated carbocycles. The van der Waals surface area contributed by atoms with Crippen LogP contribution in [0.1, 0.15) is 23.4 Å². The topological polar surface area (TPSA) is 71.5 Å². The van der Waals surface area contributed by atoms with E-state index in [1.54, 1.807) is 29.2 Å². The van der Waals surface area contributed by atoms with E-state index in [4.69, 9.17) is 16.3 Å². The fourth-order valence-corrected chi connectivity index (χ4v) is 3.93. The van der Waals surface area contributed by atoms with E-state index in [0.717, 1.165) is 23.4 Å².